The van der Waals surface area contributed by atoms with Crippen LogP contribution < -0.4 is 10.5 Å². The summed E-state index contributed by atoms with van der Waals surface area (Å²) in [6.45, 7) is 7.02. The Labute approximate surface area is 202 Å². The van der Waals surface area contributed by atoms with Crippen molar-refractivity contribution in [1.82, 2.24) is 14.5 Å². The van der Waals surface area contributed by atoms with Gasteiger partial charge in [-0.25, -0.2) is 9.37 Å². The van der Waals surface area contributed by atoms with Gasteiger partial charge in [0.25, 0.3) is 5.56 Å². The van der Waals surface area contributed by atoms with E-state index >= 15 is 0 Å². The van der Waals surface area contributed by atoms with E-state index in [9.17, 15) is 14.0 Å². The molecule has 9 heteroatoms. The molecule has 4 rings (SSSR count). The van der Waals surface area contributed by atoms with E-state index in [4.69, 9.17) is 9.72 Å². The minimum atomic E-state index is -0.344. The van der Waals surface area contributed by atoms with Gasteiger partial charge in [0.05, 0.1) is 29.9 Å². The fourth-order valence-corrected chi connectivity index (χ4v) is 4.96. The molecule has 2 aromatic carbocycles. The Morgan fingerprint density at radius 2 is 1.85 bits per heavy atom. The summed E-state index contributed by atoms with van der Waals surface area (Å²) in [7, 11) is 0. The number of carbonyl (C=O) groups is 1. The molecule has 34 heavy (non-hydrogen) atoms. The van der Waals surface area contributed by atoms with Gasteiger partial charge in [-0.2, -0.15) is 0 Å². The molecule has 0 N–H and O–H groups in total. The Balaban J connectivity index is 1.51. The summed E-state index contributed by atoms with van der Waals surface area (Å²) in [5, 5.41) is 1.11. The van der Waals surface area contributed by atoms with Crippen LogP contribution >= 0.6 is 11.8 Å². The van der Waals surface area contributed by atoms with Crippen LogP contribution in [-0.2, 0) is 16.1 Å². The van der Waals surface area contributed by atoms with E-state index in [2.05, 4.69) is 4.90 Å². The summed E-state index contributed by atoms with van der Waals surface area (Å²) >= 11 is 1.26. The van der Waals surface area contributed by atoms with Crippen LogP contribution in [0.2, 0.25) is 0 Å². The second-order valence-corrected chi connectivity index (χ2v) is 9.02. The lowest BCUT2D eigenvalue weighted by atomic mass is 10.2. The fraction of sp³-hybridized carbons (Fsp3) is 0.400. The van der Waals surface area contributed by atoms with Gasteiger partial charge in [-0.05, 0) is 49.7 Å². The average Bonchev–Trinajstić information content (AvgIpc) is 2.86. The number of fused-ring (bicyclic) bond motifs is 1. The van der Waals surface area contributed by atoms with Gasteiger partial charge < -0.3 is 9.64 Å². The van der Waals surface area contributed by atoms with E-state index in [0.29, 0.717) is 34.8 Å². The number of rotatable bonds is 9. The second-order valence-electron chi connectivity index (χ2n) is 8.08. The highest BCUT2D eigenvalue weighted by atomic mass is 32.2. The molecule has 0 radical (unpaired) electrons. The number of halogens is 1. The lowest BCUT2D eigenvalue weighted by Gasteiger charge is -2.26. The van der Waals surface area contributed by atoms with Crippen molar-refractivity contribution in [3.63, 3.8) is 0 Å². The molecule has 1 aliphatic rings. The molecule has 0 bridgehead atoms. The van der Waals surface area contributed by atoms with E-state index in [1.165, 1.54) is 23.9 Å². The molecule has 0 saturated carbocycles. The number of thioether (sulfide) groups is 1. The lowest BCUT2D eigenvalue weighted by molar-refractivity contribution is -0.116. The third kappa shape index (κ3) is 5.84. The number of hydrogen-bond donors (Lipinski definition) is 0. The largest absolute Gasteiger partial charge is 0.379 e. The van der Waals surface area contributed by atoms with Gasteiger partial charge in [-0.3, -0.25) is 19.1 Å². The number of anilines is 1. The topological polar surface area (TPSA) is 67.7 Å². The van der Waals surface area contributed by atoms with Crippen molar-refractivity contribution in [1.29, 1.82) is 0 Å². The molecule has 0 atom stereocenters. The maximum absolute atomic E-state index is 13.3. The number of benzene rings is 2. The van der Waals surface area contributed by atoms with Crippen LogP contribution in [0.25, 0.3) is 10.9 Å². The maximum atomic E-state index is 13.3. The molecular formula is C25H29FN4O3S. The van der Waals surface area contributed by atoms with Crippen LogP contribution in [-0.4, -0.2) is 65.5 Å². The van der Waals surface area contributed by atoms with Crippen LogP contribution in [0.1, 0.15) is 13.3 Å². The molecule has 0 spiro atoms. The number of ether oxygens (including phenoxy) is 1. The molecule has 1 fully saturated rings. The third-order valence-electron chi connectivity index (χ3n) is 5.87. The van der Waals surface area contributed by atoms with Crippen molar-refractivity contribution in [2.24, 2.45) is 0 Å². The van der Waals surface area contributed by atoms with E-state index in [-0.39, 0.29) is 23.0 Å². The van der Waals surface area contributed by atoms with E-state index in [1.54, 1.807) is 27.7 Å². The van der Waals surface area contributed by atoms with Crippen LogP contribution in [0.15, 0.2) is 58.5 Å². The Morgan fingerprint density at radius 1 is 1.12 bits per heavy atom. The highest BCUT2D eigenvalue weighted by Crippen LogP contribution is 2.21. The van der Waals surface area contributed by atoms with Crippen molar-refractivity contribution < 1.29 is 13.9 Å². The van der Waals surface area contributed by atoms with Crippen molar-refractivity contribution in [3.05, 3.63) is 64.7 Å². The van der Waals surface area contributed by atoms with Crippen molar-refractivity contribution >= 4 is 34.3 Å². The van der Waals surface area contributed by atoms with Gasteiger partial charge in [-0.15, -0.1) is 0 Å². The molecule has 180 valence electrons. The van der Waals surface area contributed by atoms with Crippen LogP contribution in [0.4, 0.5) is 10.1 Å². The Morgan fingerprint density at radius 3 is 2.59 bits per heavy atom. The van der Waals surface area contributed by atoms with E-state index in [1.807, 2.05) is 25.1 Å². The van der Waals surface area contributed by atoms with Crippen LogP contribution in [0.3, 0.4) is 0 Å². The molecule has 1 aromatic heterocycles. The van der Waals surface area contributed by atoms with E-state index in [0.717, 1.165) is 39.3 Å². The van der Waals surface area contributed by atoms with Crippen LogP contribution in [0.5, 0.6) is 0 Å². The first-order valence-electron chi connectivity index (χ1n) is 11.5. The Kier molecular flexibility index (Phi) is 8.31. The number of hydrogen-bond acceptors (Lipinski definition) is 6. The molecule has 0 unspecified atom stereocenters. The number of amides is 1. The molecule has 7 nitrogen and oxygen atoms in total. The summed E-state index contributed by atoms with van der Waals surface area (Å²) in [5.41, 5.74) is 1.18. The highest BCUT2D eigenvalue weighted by Gasteiger charge is 2.18. The van der Waals surface area contributed by atoms with Gasteiger partial charge in [0.1, 0.15) is 5.82 Å². The van der Waals surface area contributed by atoms with Crippen molar-refractivity contribution in [2.75, 3.05) is 50.0 Å². The zero-order valence-corrected chi connectivity index (χ0v) is 20.1. The van der Waals surface area contributed by atoms with Gasteiger partial charge in [0.15, 0.2) is 5.16 Å². The monoisotopic (exact) mass is 484 g/mol. The quantitative estimate of drug-likeness (QED) is 0.343. The van der Waals surface area contributed by atoms with Gasteiger partial charge in [0.2, 0.25) is 5.91 Å². The maximum Gasteiger partial charge on any atom is 0.262 e. The standard InChI is InChI=1S/C25H29FN4O3S/c1-2-29(20-10-8-19(26)9-11-20)23(31)18-34-25-27-22-7-4-3-6-21(22)24(32)30(25)13-5-12-28-14-16-33-17-15-28/h3-4,6-11H,2,5,12-18H2,1H3. The predicted octanol–water partition coefficient (Wildman–Crippen LogP) is 3.40. The summed E-state index contributed by atoms with van der Waals surface area (Å²) in [4.78, 5) is 34.9. The zero-order valence-electron chi connectivity index (χ0n) is 19.3. The summed E-state index contributed by atoms with van der Waals surface area (Å²) < 4.78 is 20.4. The lowest BCUT2D eigenvalue weighted by Crippen LogP contribution is -2.37. The van der Waals surface area contributed by atoms with Crippen LogP contribution in [0, 0.1) is 5.82 Å². The number of carbonyl (C=O) groups excluding carboxylic acids is 1. The first kappa shape index (κ1) is 24.4. The highest BCUT2D eigenvalue weighted by molar-refractivity contribution is 7.99. The zero-order chi connectivity index (χ0) is 23.9. The van der Waals surface area contributed by atoms with Gasteiger partial charge in [0, 0.05) is 38.4 Å². The van der Waals surface area contributed by atoms with Gasteiger partial charge >= 0.3 is 0 Å². The number of aromatic nitrogens is 2. The smallest absolute Gasteiger partial charge is 0.262 e. The minimum Gasteiger partial charge on any atom is -0.379 e. The molecule has 2 heterocycles. The fourth-order valence-electron chi connectivity index (χ4n) is 4.06. The molecule has 0 aliphatic carbocycles. The number of morpholine rings is 1. The predicted molar refractivity (Wildman–Crippen MR) is 133 cm³/mol. The molecular weight excluding hydrogens is 455 g/mol. The minimum absolute atomic E-state index is 0.0894. The first-order valence-corrected chi connectivity index (χ1v) is 12.5. The van der Waals surface area contributed by atoms with Crippen molar-refractivity contribution in [2.45, 2.75) is 25.0 Å². The third-order valence-corrected chi connectivity index (χ3v) is 6.83. The second kappa shape index (κ2) is 11.6. The van der Waals surface area contributed by atoms with E-state index < -0.39 is 0 Å². The van der Waals surface area contributed by atoms with Gasteiger partial charge in [-0.1, -0.05) is 23.9 Å². The normalized spacial score (nSPS) is 14.4. The molecule has 1 aliphatic heterocycles. The number of nitrogens with zero attached hydrogens (tertiary/aromatic N) is 4. The Hall–Kier alpha value is -2.75. The Bertz CT molecular complexity index is 1180. The summed E-state index contributed by atoms with van der Waals surface area (Å²) in [5.74, 6) is -0.344. The number of para-hydroxylation sites is 1. The molecule has 1 amide bonds. The average molecular weight is 485 g/mol. The summed E-state index contributed by atoms with van der Waals surface area (Å²) in [6, 6.07) is 13.2. The van der Waals surface area contributed by atoms with Crippen molar-refractivity contribution in [3.8, 4) is 0 Å². The first-order chi connectivity index (χ1) is 16.6. The summed E-state index contributed by atoms with van der Waals surface area (Å²) in [6.07, 6.45) is 0.804. The molecule has 1 saturated heterocycles. The molecule has 3 aromatic rings. The SMILES string of the molecule is CCN(C(=O)CSc1nc2ccccc2c(=O)n1CCCN1CCOCC1)c1ccc(F)cc1.